The number of rotatable bonds is 4. The van der Waals surface area contributed by atoms with Gasteiger partial charge in [0.15, 0.2) is 0 Å². The van der Waals surface area contributed by atoms with E-state index in [2.05, 4.69) is 17.3 Å². The minimum atomic E-state index is 0.176. The zero-order valence-corrected chi connectivity index (χ0v) is 11.2. The highest BCUT2D eigenvalue weighted by Gasteiger charge is 2.27. The summed E-state index contributed by atoms with van der Waals surface area (Å²) in [6.07, 6.45) is 8.70. The number of nitrogens with zero attached hydrogens (tertiary/aromatic N) is 1. The standard InChI is InChI=1S/C14H23N3O/c1-10-4-3-5-11(6-10)14(17-15)12-7-13(18-2)9-16-8-12/h7-11,14,17H,3-6,15H2,1-2H3. The Morgan fingerprint density at radius 3 is 2.94 bits per heavy atom. The Morgan fingerprint density at radius 1 is 1.44 bits per heavy atom. The van der Waals surface area contributed by atoms with Crippen molar-refractivity contribution in [2.75, 3.05) is 7.11 Å². The van der Waals surface area contributed by atoms with Crippen LogP contribution in [-0.2, 0) is 0 Å². The van der Waals surface area contributed by atoms with E-state index in [0.29, 0.717) is 5.92 Å². The van der Waals surface area contributed by atoms with Gasteiger partial charge in [-0.05, 0) is 36.3 Å². The zero-order valence-electron chi connectivity index (χ0n) is 11.2. The van der Waals surface area contributed by atoms with Crippen molar-refractivity contribution in [3.05, 3.63) is 24.0 Å². The minimum absolute atomic E-state index is 0.176. The molecule has 1 aromatic heterocycles. The molecule has 0 spiro atoms. The van der Waals surface area contributed by atoms with Crippen molar-refractivity contribution in [2.45, 2.75) is 38.6 Å². The Bertz CT molecular complexity index is 383. The molecule has 3 atom stereocenters. The van der Waals surface area contributed by atoms with Crippen LogP contribution < -0.4 is 16.0 Å². The van der Waals surface area contributed by atoms with Gasteiger partial charge in [0.2, 0.25) is 0 Å². The summed E-state index contributed by atoms with van der Waals surface area (Å²) in [4.78, 5) is 4.22. The molecule has 1 aromatic rings. The van der Waals surface area contributed by atoms with Crippen LogP contribution in [0.1, 0.15) is 44.2 Å². The van der Waals surface area contributed by atoms with Crippen LogP contribution in [0.25, 0.3) is 0 Å². The van der Waals surface area contributed by atoms with Crippen LogP contribution in [0.3, 0.4) is 0 Å². The van der Waals surface area contributed by atoms with Gasteiger partial charge in [-0.25, -0.2) is 0 Å². The second kappa shape index (κ2) is 6.16. The second-order valence-corrected chi connectivity index (χ2v) is 5.33. The van der Waals surface area contributed by atoms with Gasteiger partial charge in [0.1, 0.15) is 5.75 Å². The number of ether oxygens (including phenoxy) is 1. The van der Waals surface area contributed by atoms with E-state index in [1.807, 2.05) is 12.3 Å². The number of pyridine rings is 1. The number of hydrazine groups is 1. The average molecular weight is 249 g/mol. The molecule has 18 heavy (non-hydrogen) atoms. The van der Waals surface area contributed by atoms with E-state index in [9.17, 15) is 0 Å². The van der Waals surface area contributed by atoms with Gasteiger partial charge in [-0.3, -0.25) is 16.3 Å². The lowest BCUT2D eigenvalue weighted by Gasteiger charge is -2.33. The summed E-state index contributed by atoms with van der Waals surface area (Å²) >= 11 is 0. The molecule has 0 aliphatic heterocycles. The first-order valence-corrected chi connectivity index (χ1v) is 6.69. The third-order valence-electron chi connectivity index (χ3n) is 3.96. The molecule has 0 aromatic carbocycles. The smallest absolute Gasteiger partial charge is 0.137 e. The van der Waals surface area contributed by atoms with Gasteiger partial charge >= 0.3 is 0 Å². The quantitative estimate of drug-likeness (QED) is 0.635. The average Bonchev–Trinajstić information content (AvgIpc) is 2.40. The first kappa shape index (κ1) is 13.3. The van der Waals surface area contributed by atoms with Crippen molar-refractivity contribution in [1.29, 1.82) is 0 Å². The lowest BCUT2D eigenvalue weighted by atomic mass is 9.77. The Hall–Kier alpha value is -1.13. The first-order valence-electron chi connectivity index (χ1n) is 6.69. The summed E-state index contributed by atoms with van der Waals surface area (Å²) < 4.78 is 5.23. The Labute approximate surface area is 109 Å². The molecule has 1 aliphatic carbocycles. The first-order chi connectivity index (χ1) is 8.74. The van der Waals surface area contributed by atoms with Crippen LogP contribution in [0.2, 0.25) is 0 Å². The Morgan fingerprint density at radius 2 is 2.28 bits per heavy atom. The lowest BCUT2D eigenvalue weighted by Crippen LogP contribution is -2.35. The van der Waals surface area contributed by atoms with E-state index >= 15 is 0 Å². The van der Waals surface area contributed by atoms with Crippen LogP contribution in [-0.4, -0.2) is 12.1 Å². The summed E-state index contributed by atoms with van der Waals surface area (Å²) in [5, 5.41) is 0. The number of nitrogens with two attached hydrogens (primary N) is 1. The van der Waals surface area contributed by atoms with Crippen molar-refractivity contribution in [2.24, 2.45) is 17.7 Å². The molecule has 1 fully saturated rings. The molecule has 1 aliphatic rings. The van der Waals surface area contributed by atoms with Crippen molar-refractivity contribution in [3.63, 3.8) is 0 Å². The zero-order chi connectivity index (χ0) is 13.0. The molecule has 1 saturated carbocycles. The van der Waals surface area contributed by atoms with Crippen LogP contribution >= 0.6 is 0 Å². The van der Waals surface area contributed by atoms with Crippen molar-refractivity contribution < 1.29 is 4.74 Å². The molecule has 0 radical (unpaired) electrons. The maximum absolute atomic E-state index is 5.75. The highest BCUT2D eigenvalue weighted by atomic mass is 16.5. The van der Waals surface area contributed by atoms with E-state index in [1.165, 1.54) is 25.7 Å². The van der Waals surface area contributed by atoms with Gasteiger partial charge in [0.05, 0.1) is 19.3 Å². The predicted octanol–water partition coefficient (Wildman–Crippen LogP) is 2.42. The normalized spacial score (nSPS) is 25.7. The number of aromatic nitrogens is 1. The largest absolute Gasteiger partial charge is 0.495 e. The van der Waals surface area contributed by atoms with E-state index in [0.717, 1.165) is 17.2 Å². The van der Waals surface area contributed by atoms with Gasteiger partial charge in [-0.2, -0.15) is 0 Å². The van der Waals surface area contributed by atoms with Gasteiger partial charge in [-0.15, -0.1) is 0 Å². The lowest BCUT2D eigenvalue weighted by molar-refractivity contribution is 0.224. The van der Waals surface area contributed by atoms with Gasteiger partial charge < -0.3 is 4.74 Å². The molecular formula is C14H23N3O. The molecule has 3 unspecified atom stereocenters. The monoisotopic (exact) mass is 249 g/mol. The highest BCUT2D eigenvalue weighted by molar-refractivity contribution is 5.26. The summed E-state index contributed by atoms with van der Waals surface area (Å²) in [6, 6.07) is 2.20. The summed E-state index contributed by atoms with van der Waals surface area (Å²) in [5.74, 6) is 7.92. The number of hydrogen-bond donors (Lipinski definition) is 2. The summed E-state index contributed by atoms with van der Waals surface area (Å²) in [5.41, 5.74) is 4.09. The van der Waals surface area contributed by atoms with E-state index in [4.69, 9.17) is 10.6 Å². The third kappa shape index (κ3) is 3.00. The fourth-order valence-electron chi connectivity index (χ4n) is 3.01. The molecule has 4 nitrogen and oxygen atoms in total. The minimum Gasteiger partial charge on any atom is -0.495 e. The van der Waals surface area contributed by atoms with Crippen LogP contribution in [0, 0.1) is 11.8 Å². The molecule has 0 amide bonds. The molecule has 4 heteroatoms. The third-order valence-corrected chi connectivity index (χ3v) is 3.96. The molecule has 0 saturated heterocycles. The van der Waals surface area contributed by atoms with Gasteiger partial charge in [0.25, 0.3) is 0 Å². The fraction of sp³-hybridized carbons (Fsp3) is 0.643. The molecular weight excluding hydrogens is 226 g/mol. The van der Waals surface area contributed by atoms with Gasteiger partial charge in [-0.1, -0.05) is 19.8 Å². The van der Waals surface area contributed by atoms with E-state index < -0.39 is 0 Å². The van der Waals surface area contributed by atoms with E-state index in [1.54, 1.807) is 13.3 Å². The SMILES string of the molecule is COc1cncc(C(NN)C2CCCC(C)C2)c1. The maximum Gasteiger partial charge on any atom is 0.137 e. The van der Waals surface area contributed by atoms with Crippen LogP contribution in [0.4, 0.5) is 0 Å². The molecule has 1 heterocycles. The summed E-state index contributed by atoms with van der Waals surface area (Å²) in [6.45, 7) is 2.32. The highest BCUT2D eigenvalue weighted by Crippen LogP contribution is 2.37. The number of nitrogens with one attached hydrogen (secondary N) is 1. The van der Waals surface area contributed by atoms with Crippen molar-refractivity contribution >= 4 is 0 Å². The summed E-state index contributed by atoms with van der Waals surface area (Å²) in [7, 11) is 1.66. The van der Waals surface area contributed by atoms with Gasteiger partial charge in [0, 0.05) is 6.20 Å². The Kier molecular flexibility index (Phi) is 4.55. The molecule has 0 bridgehead atoms. The molecule has 3 N–H and O–H groups in total. The number of hydrogen-bond acceptors (Lipinski definition) is 4. The molecule has 2 rings (SSSR count). The van der Waals surface area contributed by atoms with Crippen molar-refractivity contribution in [1.82, 2.24) is 10.4 Å². The topological polar surface area (TPSA) is 60.2 Å². The molecule has 100 valence electrons. The van der Waals surface area contributed by atoms with Crippen LogP contribution in [0.5, 0.6) is 5.75 Å². The Balaban J connectivity index is 2.16. The second-order valence-electron chi connectivity index (χ2n) is 5.33. The number of methoxy groups -OCH3 is 1. The van der Waals surface area contributed by atoms with E-state index in [-0.39, 0.29) is 6.04 Å². The fourth-order valence-corrected chi connectivity index (χ4v) is 3.01. The maximum atomic E-state index is 5.75. The van der Waals surface area contributed by atoms with Crippen molar-refractivity contribution in [3.8, 4) is 5.75 Å². The predicted molar refractivity (Wildman–Crippen MR) is 72.0 cm³/mol. The van der Waals surface area contributed by atoms with Crippen LogP contribution in [0.15, 0.2) is 18.5 Å².